The summed E-state index contributed by atoms with van der Waals surface area (Å²) in [7, 11) is 0. The molecule has 0 aliphatic heterocycles. The van der Waals surface area contributed by atoms with Gasteiger partial charge in [-0.3, -0.25) is 0 Å². The van der Waals surface area contributed by atoms with Crippen molar-refractivity contribution in [3.63, 3.8) is 0 Å². The predicted octanol–water partition coefficient (Wildman–Crippen LogP) is 3.36. The van der Waals surface area contributed by atoms with Crippen molar-refractivity contribution in [2.24, 2.45) is 11.3 Å². The van der Waals surface area contributed by atoms with Gasteiger partial charge in [0, 0.05) is 0 Å². The highest BCUT2D eigenvalue weighted by Crippen LogP contribution is 2.39. The van der Waals surface area contributed by atoms with Crippen LogP contribution in [-0.2, 0) is 0 Å². The first-order chi connectivity index (χ1) is 5.81. The fourth-order valence-electron chi connectivity index (χ4n) is 2.35. The van der Waals surface area contributed by atoms with Crippen LogP contribution in [0, 0.1) is 11.3 Å². The van der Waals surface area contributed by atoms with Crippen LogP contribution in [0.25, 0.3) is 0 Å². The summed E-state index contributed by atoms with van der Waals surface area (Å²) in [5.41, 5.74) is 0.0282. The number of aliphatic hydroxyl groups is 1. The molecule has 1 heteroatoms. The molecule has 1 aliphatic carbocycles. The Morgan fingerprint density at radius 1 is 1.15 bits per heavy atom. The lowest BCUT2D eigenvalue weighted by Gasteiger charge is -2.30. The van der Waals surface area contributed by atoms with E-state index in [0.29, 0.717) is 5.41 Å². The quantitative estimate of drug-likeness (QED) is 0.572. The van der Waals surface area contributed by atoms with Gasteiger partial charge < -0.3 is 5.11 Å². The highest BCUT2D eigenvalue weighted by atomic mass is 16.3. The van der Waals surface area contributed by atoms with Crippen LogP contribution >= 0.6 is 0 Å². The van der Waals surface area contributed by atoms with Crippen molar-refractivity contribution in [2.75, 3.05) is 0 Å². The second-order valence-electron chi connectivity index (χ2n) is 5.99. The number of hydrogen-bond donors (Lipinski definition) is 1. The molecule has 0 bridgehead atoms. The third-order valence-electron chi connectivity index (χ3n) is 3.52. The molecule has 0 aromatic rings. The molecule has 1 aliphatic rings. The van der Waals surface area contributed by atoms with Crippen LogP contribution in [0.3, 0.4) is 0 Å². The molecule has 0 heterocycles. The monoisotopic (exact) mass is 184 g/mol. The summed E-state index contributed by atoms with van der Waals surface area (Å²) >= 11 is 0. The Kier molecular flexibility index (Phi) is 3.06. The second-order valence-corrected chi connectivity index (χ2v) is 5.99. The molecular weight excluding hydrogens is 160 g/mol. The van der Waals surface area contributed by atoms with Gasteiger partial charge in [-0.05, 0) is 43.9 Å². The van der Waals surface area contributed by atoms with E-state index in [0.717, 1.165) is 18.8 Å². The molecule has 0 aromatic heterocycles. The first-order valence-corrected chi connectivity index (χ1v) is 5.54. The van der Waals surface area contributed by atoms with Gasteiger partial charge in [0.05, 0.1) is 5.60 Å². The van der Waals surface area contributed by atoms with Crippen molar-refractivity contribution in [3.05, 3.63) is 0 Å². The van der Waals surface area contributed by atoms with Gasteiger partial charge in [0.2, 0.25) is 0 Å². The van der Waals surface area contributed by atoms with Crippen LogP contribution in [0.2, 0.25) is 0 Å². The summed E-state index contributed by atoms with van der Waals surface area (Å²) in [5.74, 6) is 0.793. The van der Waals surface area contributed by atoms with Crippen LogP contribution in [0.5, 0.6) is 0 Å². The van der Waals surface area contributed by atoms with E-state index in [4.69, 9.17) is 0 Å². The molecular formula is C12H24O. The zero-order valence-corrected chi connectivity index (χ0v) is 9.56. The molecule has 0 radical (unpaired) electrons. The van der Waals surface area contributed by atoms with E-state index in [9.17, 15) is 5.11 Å². The van der Waals surface area contributed by atoms with E-state index < -0.39 is 0 Å². The van der Waals surface area contributed by atoms with Gasteiger partial charge in [-0.25, -0.2) is 0 Å². The lowest BCUT2D eigenvalue weighted by atomic mass is 9.76. The molecule has 2 unspecified atom stereocenters. The predicted molar refractivity (Wildman–Crippen MR) is 56.7 cm³/mol. The first kappa shape index (κ1) is 11.0. The van der Waals surface area contributed by atoms with Crippen molar-refractivity contribution in [2.45, 2.75) is 65.4 Å². The molecule has 13 heavy (non-hydrogen) atoms. The topological polar surface area (TPSA) is 20.2 Å². The van der Waals surface area contributed by atoms with E-state index in [1.165, 1.54) is 19.3 Å². The average molecular weight is 184 g/mol. The maximum absolute atomic E-state index is 9.94. The van der Waals surface area contributed by atoms with Gasteiger partial charge in [0.1, 0.15) is 0 Å². The van der Waals surface area contributed by atoms with E-state index in [1.807, 2.05) is 6.92 Å². The van der Waals surface area contributed by atoms with Gasteiger partial charge in [-0.15, -0.1) is 0 Å². The Hall–Kier alpha value is -0.0400. The van der Waals surface area contributed by atoms with Gasteiger partial charge in [0.15, 0.2) is 0 Å². The third-order valence-corrected chi connectivity index (χ3v) is 3.52. The van der Waals surface area contributed by atoms with Gasteiger partial charge in [-0.2, -0.15) is 0 Å². The molecule has 0 aromatic carbocycles. The Morgan fingerprint density at radius 3 is 2.31 bits per heavy atom. The second kappa shape index (κ2) is 3.61. The third kappa shape index (κ3) is 3.30. The summed E-state index contributed by atoms with van der Waals surface area (Å²) in [6.07, 6.45) is 5.64. The number of hydrogen-bond acceptors (Lipinski definition) is 1. The molecule has 1 nitrogen and oxygen atoms in total. The van der Waals surface area contributed by atoms with Crippen LogP contribution in [0.15, 0.2) is 0 Å². The summed E-state index contributed by atoms with van der Waals surface area (Å²) in [4.78, 5) is 0. The van der Waals surface area contributed by atoms with E-state index in [2.05, 4.69) is 20.8 Å². The van der Waals surface area contributed by atoms with Crippen LogP contribution in [0.4, 0.5) is 0 Å². The van der Waals surface area contributed by atoms with Gasteiger partial charge in [0.25, 0.3) is 0 Å². The first-order valence-electron chi connectivity index (χ1n) is 5.54. The Balaban J connectivity index is 2.55. The molecule has 0 amide bonds. The summed E-state index contributed by atoms with van der Waals surface area (Å²) in [6.45, 7) is 8.94. The highest BCUT2D eigenvalue weighted by Gasteiger charge is 2.31. The molecule has 2 atom stereocenters. The standard InChI is InChI=1S/C12H24O/c1-11(2,3)10-6-5-8-12(4,13)9-7-10/h10,13H,5-9H2,1-4H3. The fourth-order valence-corrected chi connectivity index (χ4v) is 2.35. The number of rotatable bonds is 0. The zero-order valence-electron chi connectivity index (χ0n) is 9.56. The molecule has 0 saturated heterocycles. The summed E-state index contributed by atoms with van der Waals surface area (Å²) in [6, 6.07) is 0. The van der Waals surface area contributed by atoms with Crippen LogP contribution in [0.1, 0.15) is 59.8 Å². The van der Waals surface area contributed by atoms with E-state index >= 15 is 0 Å². The maximum atomic E-state index is 9.94. The molecule has 1 N–H and O–H groups in total. The maximum Gasteiger partial charge on any atom is 0.0619 e. The summed E-state index contributed by atoms with van der Waals surface area (Å²) < 4.78 is 0. The fraction of sp³-hybridized carbons (Fsp3) is 1.00. The van der Waals surface area contributed by atoms with Crippen molar-refractivity contribution < 1.29 is 5.11 Å². The van der Waals surface area contributed by atoms with Crippen molar-refractivity contribution in [3.8, 4) is 0 Å². The smallest absolute Gasteiger partial charge is 0.0619 e. The van der Waals surface area contributed by atoms with Gasteiger partial charge in [-0.1, -0.05) is 27.2 Å². The molecule has 0 spiro atoms. The Bertz CT molecular complexity index is 164. The lowest BCUT2D eigenvalue weighted by Crippen LogP contribution is -2.24. The molecule has 1 fully saturated rings. The average Bonchev–Trinajstić information content (AvgIpc) is 2.08. The summed E-state index contributed by atoms with van der Waals surface area (Å²) in [5, 5.41) is 9.94. The van der Waals surface area contributed by atoms with E-state index in [1.54, 1.807) is 0 Å². The van der Waals surface area contributed by atoms with Crippen LogP contribution in [-0.4, -0.2) is 10.7 Å². The van der Waals surface area contributed by atoms with Gasteiger partial charge >= 0.3 is 0 Å². The normalized spacial score (nSPS) is 37.2. The van der Waals surface area contributed by atoms with Crippen LogP contribution < -0.4 is 0 Å². The minimum atomic E-state index is -0.389. The zero-order chi connectivity index (χ0) is 10.1. The minimum Gasteiger partial charge on any atom is -0.390 e. The highest BCUT2D eigenvalue weighted by molar-refractivity contribution is 4.83. The molecule has 78 valence electrons. The van der Waals surface area contributed by atoms with Crippen molar-refractivity contribution in [1.29, 1.82) is 0 Å². The Labute approximate surface area is 82.5 Å². The SMILES string of the molecule is CC1(O)CCCC(C(C)(C)C)CC1. The molecule has 1 saturated carbocycles. The largest absolute Gasteiger partial charge is 0.390 e. The van der Waals surface area contributed by atoms with Crippen molar-refractivity contribution in [1.82, 2.24) is 0 Å². The molecule has 1 rings (SSSR count). The van der Waals surface area contributed by atoms with E-state index in [-0.39, 0.29) is 5.60 Å². The lowest BCUT2D eigenvalue weighted by molar-refractivity contribution is 0.0413. The Morgan fingerprint density at radius 2 is 1.77 bits per heavy atom. The minimum absolute atomic E-state index is 0.389. The van der Waals surface area contributed by atoms with Crippen molar-refractivity contribution >= 4 is 0 Å².